The molecule has 0 heterocycles. The van der Waals surface area contributed by atoms with Crippen molar-refractivity contribution in [3.8, 4) is 5.75 Å². The number of likely N-dealkylation sites (N-methyl/N-ethyl adjacent to an activating group) is 1. The normalized spacial score (nSPS) is 11.2. The quantitative estimate of drug-likeness (QED) is 0.852. The molecule has 4 heteroatoms. The van der Waals surface area contributed by atoms with Crippen LogP contribution in [0.5, 0.6) is 5.75 Å². The summed E-state index contributed by atoms with van der Waals surface area (Å²) >= 11 is 0. The minimum absolute atomic E-state index is 0.0575. The zero-order valence-electron chi connectivity index (χ0n) is 12.5. The molecule has 1 amide bonds. The molecule has 0 atom stereocenters. The van der Waals surface area contributed by atoms with Crippen LogP contribution in [0.25, 0.3) is 0 Å². The fourth-order valence-electron chi connectivity index (χ4n) is 2.26. The van der Waals surface area contributed by atoms with Gasteiger partial charge < -0.3 is 15.7 Å². The van der Waals surface area contributed by atoms with Crippen LogP contribution in [0.15, 0.2) is 48.5 Å². The Morgan fingerprint density at radius 2 is 1.76 bits per heavy atom. The summed E-state index contributed by atoms with van der Waals surface area (Å²) < 4.78 is 0. The van der Waals surface area contributed by atoms with Crippen molar-refractivity contribution in [1.29, 1.82) is 0 Å². The summed E-state index contributed by atoms with van der Waals surface area (Å²) in [5.74, 6) is 0.0790. The average molecular weight is 284 g/mol. The first-order valence-corrected chi connectivity index (χ1v) is 6.75. The van der Waals surface area contributed by atoms with Crippen molar-refractivity contribution >= 4 is 17.3 Å². The lowest BCUT2D eigenvalue weighted by molar-refractivity contribution is -0.122. The summed E-state index contributed by atoms with van der Waals surface area (Å²) in [5, 5.41) is 9.54. The predicted octanol–water partition coefficient (Wildman–Crippen LogP) is 2.92. The van der Waals surface area contributed by atoms with Gasteiger partial charge in [0.2, 0.25) is 5.91 Å². The number of carbonyl (C=O) groups excluding carboxylic acids is 1. The lowest BCUT2D eigenvalue weighted by Gasteiger charge is -2.30. The second-order valence-electron chi connectivity index (χ2n) is 5.63. The molecule has 2 aromatic carbocycles. The highest BCUT2D eigenvalue weighted by Crippen LogP contribution is 2.29. The number of amides is 1. The summed E-state index contributed by atoms with van der Waals surface area (Å²) in [7, 11) is 1.70. The first-order chi connectivity index (χ1) is 9.82. The Balaban J connectivity index is 2.31. The molecule has 0 aliphatic rings. The van der Waals surface area contributed by atoms with Gasteiger partial charge in [-0.2, -0.15) is 0 Å². The third-order valence-corrected chi connectivity index (χ3v) is 3.69. The largest absolute Gasteiger partial charge is 0.508 e. The number of carbonyl (C=O) groups is 1. The number of hydrogen-bond donors (Lipinski definition) is 2. The first-order valence-electron chi connectivity index (χ1n) is 6.75. The summed E-state index contributed by atoms with van der Waals surface area (Å²) in [4.78, 5) is 14.3. The fraction of sp³-hybridized carbons (Fsp3) is 0.235. The Hall–Kier alpha value is -2.49. The van der Waals surface area contributed by atoms with Gasteiger partial charge in [-0.15, -0.1) is 0 Å². The van der Waals surface area contributed by atoms with Crippen LogP contribution in [0.1, 0.15) is 19.4 Å². The van der Waals surface area contributed by atoms with E-state index < -0.39 is 5.41 Å². The minimum Gasteiger partial charge on any atom is -0.508 e. The molecule has 0 aromatic heterocycles. The number of phenols is 1. The number of nitrogens with two attached hydrogens (primary N) is 1. The third-order valence-electron chi connectivity index (χ3n) is 3.69. The van der Waals surface area contributed by atoms with Crippen LogP contribution in [0, 0.1) is 0 Å². The van der Waals surface area contributed by atoms with Gasteiger partial charge in [0.15, 0.2) is 0 Å². The van der Waals surface area contributed by atoms with Crippen molar-refractivity contribution in [3.63, 3.8) is 0 Å². The van der Waals surface area contributed by atoms with E-state index in [2.05, 4.69) is 0 Å². The summed E-state index contributed by atoms with van der Waals surface area (Å²) in [6, 6.07) is 14.0. The summed E-state index contributed by atoms with van der Waals surface area (Å²) in [6.45, 7) is 3.75. The van der Waals surface area contributed by atoms with E-state index in [1.54, 1.807) is 48.3 Å². The van der Waals surface area contributed by atoms with Crippen LogP contribution in [0.3, 0.4) is 0 Å². The predicted molar refractivity (Wildman–Crippen MR) is 85.4 cm³/mol. The standard InChI is InChI=1S/C17H20N2O2/c1-17(2,12-7-9-13(18)10-8-12)16(21)19(3)14-5-4-6-15(20)11-14/h4-11,20H,18H2,1-3H3. The molecular formula is C17H20N2O2. The molecular weight excluding hydrogens is 264 g/mol. The van der Waals surface area contributed by atoms with E-state index in [9.17, 15) is 9.90 Å². The van der Waals surface area contributed by atoms with E-state index in [1.165, 1.54) is 0 Å². The molecule has 0 saturated heterocycles. The molecule has 0 bridgehead atoms. The molecule has 0 radical (unpaired) electrons. The number of nitrogen functional groups attached to an aromatic ring is 1. The van der Waals surface area contributed by atoms with E-state index in [0.717, 1.165) is 5.56 Å². The van der Waals surface area contributed by atoms with E-state index in [4.69, 9.17) is 5.73 Å². The number of nitrogens with zero attached hydrogens (tertiary/aromatic N) is 1. The topological polar surface area (TPSA) is 66.6 Å². The molecule has 4 nitrogen and oxygen atoms in total. The van der Waals surface area contributed by atoms with Gasteiger partial charge in [-0.1, -0.05) is 18.2 Å². The highest BCUT2D eigenvalue weighted by molar-refractivity contribution is 6.00. The van der Waals surface area contributed by atoms with Crippen molar-refractivity contribution < 1.29 is 9.90 Å². The van der Waals surface area contributed by atoms with E-state index in [-0.39, 0.29) is 11.7 Å². The van der Waals surface area contributed by atoms with Crippen LogP contribution < -0.4 is 10.6 Å². The second kappa shape index (κ2) is 5.48. The number of aromatic hydroxyl groups is 1. The highest BCUT2D eigenvalue weighted by atomic mass is 16.3. The van der Waals surface area contributed by atoms with Crippen molar-refractivity contribution in [1.82, 2.24) is 0 Å². The van der Waals surface area contributed by atoms with Gasteiger partial charge in [-0.3, -0.25) is 4.79 Å². The smallest absolute Gasteiger partial charge is 0.236 e. The number of rotatable bonds is 3. The Kier molecular flexibility index (Phi) is 3.89. The molecule has 2 rings (SSSR count). The van der Waals surface area contributed by atoms with Crippen LogP contribution in [-0.2, 0) is 10.2 Å². The van der Waals surface area contributed by atoms with Crippen molar-refractivity contribution in [2.24, 2.45) is 0 Å². The van der Waals surface area contributed by atoms with Crippen LogP contribution >= 0.6 is 0 Å². The number of anilines is 2. The van der Waals surface area contributed by atoms with Crippen LogP contribution in [0.2, 0.25) is 0 Å². The van der Waals surface area contributed by atoms with Gasteiger partial charge in [0, 0.05) is 24.5 Å². The lowest BCUT2D eigenvalue weighted by atomic mass is 9.83. The zero-order chi connectivity index (χ0) is 15.6. The Bertz CT molecular complexity index is 648. The maximum atomic E-state index is 12.8. The van der Waals surface area contributed by atoms with Crippen LogP contribution in [-0.4, -0.2) is 18.1 Å². The van der Waals surface area contributed by atoms with Gasteiger partial charge in [-0.25, -0.2) is 0 Å². The monoisotopic (exact) mass is 284 g/mol. The van der Waals surface area contributed by atoms with Gasteiger partial charge in [0.1, 0.15) is 5.75 Å². The maximum Gasteiger partial charge on any atom is 0.236 e. The number of hydrogen-bond acceptors (Lipinski definition) is 3. The fourth-order valence-corrected chi connectivity index (χ4v) is 2.26. The van der Waals surface area contributed by atoms with E-state index in [0.29, 0.717) is 11.4 Å². The second-order valence-corrected chi connectivity index (χ2v) is 5.63. The molecule has 0 unspecified atom stereocenters. The number of phenolic OH excluding ortho intramolecular Hbond substituents is 1. The minimum atomic E-state index is -0.687. The molecule has 0 aliphatic carbocycles. The van der Waals surface area contributed by atoms with Gasteiger partial charge in [-0.05, 0) is 43.7 Å². The summed E-state index contributed by atoms with van der Waals surface area (Å²) in [5.41, 5.74) is 7.23. The Morgan fingerprint density at radius 1 is 1.14 bits per heavy atom. The molecule has 0 aliphatic heterocycles. The van der Waals surface area contributed by atoms with E-state index >= 15 is 0 Å². The summed E-state index contributed by atoms with van der Waals surface area (Å²) in [6.07, 6.45) is 0. The van der Waals surface area contributed by atoms with E-state index in [1.807, 2.05) is 26.0 Å². The average Bonchev–Trinajstić information content (AvgIpc) is 2.46. The van der Waals surface area contributed by atoms with Gasteiger partial charge in [0.25, 0.3) is 0 Å². The zero-order valence-corrected chi connectivity index (χ0v) is 12.5. The molecule has 21 heavy (non-hydrogen) atoms. The molecule has 0 spiro atoms. The molecule has 110 valence electrons. The van der Waals surface area contributed by atoms with Crippen molar-refractivity contribution in [3.05, 3.63) is 54.1 Å². The SMILES string of the molecule is CN(C(=O)C(C)(C)c1ccc(N)cc1)c1cccc(O)c1. The molecule has 0 fully saturated rings. The number of benzene rings is 2. The maximum absolute atomic E-state index is 12.8. The van der Waals surface area contributed by atoms with Gasteiger partial charge in [0.05, 0.1) is 5.41 Å². The third kappa shape index (κ3) is 2.99. The molecule has 2 aromatic rings. The van der Waals surface area contributed by atoms with Crippen molar-refractivity contribution in [2.75, 3.05) is 17.7 Å². The Morgan fingerprint density at radius 3 is 2.33 bits per heavy atom. The lowest BCUT2D eigenvalue weighted by Crippen LogP contribution is -2.41. The van der Waals surface area contributed by atoms with Gasteiger partial charge >= 0.3 is 0 Å². The Labute approximate surface area is 124 Å². The highest BCUT2D eigenvalue weighted by Gasteiger charge is 2.32. The van der Waals surface area contributed by atoms with Crippen molar-refractivity contribution in [2.45, 2.75) is 19.3 Å². The molecule has 0 saturated carbocycles. The molecule has 3 N–H and O–H groups in total. The first kappa shape index (κ1) is 14.9. The van der Waals surface area contributed by atoms with Crippen LogP contribution in [0.4, 0.5) is 11.4 Å².